The highest BCUT2D eigenvalue weighted by atomic mass is 16.1. The van der Waals surface area contributed by atoms with Crippen molar-refractivity contribution < 1.29 is 4.79 Å². The number of aryl methyl sites for hydroxylation is 1. The van der Waals surface area contributed by atoms with Gasteiger partial charge >= 0.3 is 0 Å². The second-order valence-electron chi connectivity index (χ2n) is 4.04. The van der Waals surface area contributed by atoms with Crippen LogP contribution >= 0.6 is 0 Å². The third-order valence-electron chi connectivity index (χ3n) is 2.40. The molecule has 0 aromatic heterocycles. The first-order chi connectivity index (χ1) is 6.68. The Morgan fingerprint density at radius 2 is 1.93 bits per heavy atom. The van der Waals surface area contributed by atoms with Crippen molar-refractivity contribution in [1.29, 1.82) is 0 Å². The highest BCUT2D eigenvalue weighted by Crippen LogP contribution is 2.12. The van der Waals surface area contributed by atoms with Gasteiger partial charge in [-0.2, -0.15) is 0 Å². The summed E-state index contributed by atoms with van der Waals surface area (Å²) in [6.45, 7) is 3.81. The maximum Gasteiger partial charge on any atom is 0.130 e. The number of rotatable bonds is 5. The van der Waals surface area contributed by atoms with Crippen molar-refractivity contribution in [2.24, 2.45) is 5.92 Å². The molecule has 0 heterocycles. The maximum absolute atomic E-state index is 10.9. The Hall–Kier alpha value is -1.11. The molecule has 1 aromatic rings. The molecule has 0 aliphatic rings. The van der Waals surface area contributed by atoms with E-state index in [0.29, 0.717) is 18.1 Å². The third-order valence-corrected chi connectivity index (χ3v) is 2.40. The first-order valence-corrected chi connectivity index (χ1v) is 5.22. The van der Waals surface area contributed by atoms with Gasteiger partial charge in [0.2, 0.25) is 0 Å². The fraction of sp³-hybridized carbons (Fsp3) is 0.462. The number of carbonyl (C=O) groups excluding carboxylic acids is 1. The van der Waals surface area contributed by atoms with Crippen LogP contribution in [0.3, 0.4) is 0 Å². The molecule has 1 aromatic carbocycles. The Labute approximate surface area is 86.1 Å². The largest absolute Gasteiger partial charge is 0.300 e. The molecule has 0 aliphatic heterocycles. The Bertz CT molecular complexity index is 277. The summed E-state index contributed by atoms with van der Waals surface area (Å²) >= 11 is 0. The number of hydrogen-bond acceptors (Lipinski definition) is 1. The first-order valence-electron chi connectivity index (χ1n) is 5.22. The van der Waals surface area contributed by atoms with Crippen LogP contribution in [-0.2, 0) is 11.2 Å². The van der Waals surface area contributed by atoms with Crippen LogP contribution in [0.1, 0.15) is 32.3 Å². The van der Waals surface area contributed by atoms with Gasteiger partial charge in [-0.1, -0.05) is 37.3 Å². The smallest absolute Gasteiger partial charge is 0.130 e. The summed E-state index contributed by atoms with van der Waals surface area (Å²) in [5, 5.41) is 0. The minimum atomic E-state index is 0.297. The second-order valence-corrected chi connectivity index (χ2v) is 4.04. The Balaban J connectivity index is 2.30. The van der Waals surface area contributed by atoms with Crippen LogP contribution in [-0.4, -0.2) is 5.78 Å². The van der Waals surface area contributed by atoms with E-state index in [1.54, 1.807) is 6.92 Å². The molecular formula is C13H18O. The highest BCUT2D eigenvalue weighted by Gasteiger charge is 2.05. The van der Waals surface area contributed by atoms with Gasteiger partial charge in [0.15, 0.2) is 0 Å². The molecule has 1 heteroatoms. The molecule has 1 atom stereocenters. The van der Waals surface area contributed by atoms with E-state index in [1.807, 2.05) is 6.07 Å². The van der Waals surface area contributed by atoms with Gasteiger partial charge in [-0.05, 0) is 31.2 Å². The lowest BCUT2D eigenvalue weighted by molar-refractivity contribution is -0.117. The molecule has 0 saturated heterocycles. The average molecular weight is 190 g/mol. The van der Waals surface area contributed by atoms with Crippen molar-refractivity contribution >= 4 is 5.78 Å². The number of Topliss-reactive ketones (excluding diaryl/α,β-unsaturated/α-hetero) is 1. The summed E-state index contributed by atoms with van der Waals surface area (Å²) < 4.78 is 0. The Kier molecular flexibility index (Phi) is 4.37. The molecule has 0 radical (unpaired) electrons. The molecule has 0 saturated carbocycles. The average Bonchev–Trinajstić information content (AvgIpc) is 2.15. The zero-order chi connectivity index (χ0) is 10.4. The monoisotopic (exact) mass is 190 g/mol. The van der Waals surface area contributed by atoms with Crippen molar-refractivity contribution in [3.8, 4) is 0 Å². The van der Waals surface area contributed by atoms with E-state index in [-0.39, 0.29) is 0 Å². The van der Waals surface area contributed by atoms with Crippen LogP contribution in [0.4, 0.5) is 0 Å². The predicted molar refractivity (Wildman–Crippen MR) is 59.2 cm³/mol. The molecule has 0 spiro atoms. The lowest BCUT2D eigenvalue weighted by Gasteiger charge is -2.08. The van der Waals surface area contributed by atoms with Gasteiger partial charge in [0.25, 0.3) is 0 Å². The number of carbonyl (C=O) groups is 1. The lowest BCUT2D eigenvalue weighted by Crippen LogP contribution is -2.03. The van der Waals surface area contributed by atoms with Gasteiger partial charge < -0.3 is 4.79 Å². The van der Waals surface area contributed by atoms with Crippen LogP contribution < -0.4 is 0 Å². The van der Waals surface area contributed by atoms with Crippen molar-refractivity contribution in [1.82, 2.24) is 0 Å². The minimum absolute atomic E-state index is 0.297. The van der Waals surface area contributed by atoms with E-state index in [0.717, 1.165) is 12.8 Å². The van der Waals surface area contributed by atoms with Crippen molar-refractivity contribution in [3.05, 3.63) is 35.9 Å². The molecule has 0 N–H and O–H groups in total. The van der Waals surface area contributed by atoms with Gasteiger partial charge in [-0.25, -0.2) is 0 Å². The van der Waals surface area contributed by atoms with E-state index in [4.69, 9.17) is 0 Å². The van der Waals surface area contributed by atoms with Crippen LogP contribution in [0.15, 0.2) is 30.3 Å². The van der Waals surface area contributed by atoms with Crippen molar-refractivity contribution in [3.63, 3.8) is 0 Å². The van der Waals surface area contributed by atoms with Crippen molar-refractivity contribution in [2.45, 2.75) is 33.1 Å². The van der Waals surface area contributed by atoms with E-state index >= 15 is 0 Å². The fourth-order valence-corrected chi connectivity index (χ4v) is 1.65. The quantitative estimate of drug-likeness (QED) is 0.696. The summed E-state index contributed by atoms with van der Waals surface area (Å²) in [7, 11) is 0. The molecule has 0 fully saturated rings. The van der Waals surface area contributed by atoms with Crippen LogP contribution in [0.2, 0.25) is 0 Å². The maximum atomic E-state index is 10.9. The molecule has 1 nitrogen and oxygen atoms in total. The summed E-state index contributed by atoms with van der Waals surface area (Å²) in [4.78, 5) is 10.9. The van der Waals surface area contributed by atoms with Crippen LogP contribution in [0.25, 0.3) is 0 Å². The second kappa shape index (κ2) is 5.58. The molecule has 0 bridgehead atoms. The molecule has 1 rings (SSSR count). The van der Waals surface area contributed by atoms with Gasteiger partial charge in [0.1, 0.15) is 5.78 Å². The van der Waals surface area contributed by atoms with Crippen LogP contribution in [0.5, 0.6) is 0 Å². The Morgan fingerprint density at radius 1 is 1.29 bits per heavy atom. The highest BCUT2D eigenvalue weighted by molar-refractivity contribution is 5.75. The summed E-state index contributed by atoms with van der Waals surface area (Å²) in [5.74, 6) is 0.804. The SMILES string of the molecule is CC(=O)C[C@H](C)CCc1ccccc1. The lowest BCUT2D eigenvalue weighted by atomic mass is 9.97. The number of benzene rings is 1. The number of hydrogen-bond donors (Lipinski definition) is 0. The molecule has 0 aliphatic carbocycles. The van der Waals surface area contributed by atoms with Gasteiger partial charge in [-0.3, -0.25) is 0 Å². The minimum Gasteiger partial charge on any atom is -0.300 e. The third kappa shape index (κ3) is 4.22. The summed E-state index contributed by atoms with van der Waals surface area (Å²) in [5.41, 5.74) is 1.36. The molecular weight excluding hydrogens is 172 g/mol. The van der Waals surface area contributed by atoms with Gasteiger partial charge in [0, 0.05) is 6.42 Å². The Morgan fingerprint density at radius 3 is 2.50 bits per heavy atom. The zero-order valence-corrected chi connectivity index (χ0v) is 8.99. The number of ketones is 1. The molecule has 14 heavy (non-hydrogen) atoms. The van der Waals surface area contributed by atoms with Gasteiger partial charge in [-0.15, -0.1) is 0 Å². The predicted octanol–water partition coefficient (Wildman–Crippen LogP) is 3.23. The molecule has 0 unspecified atom stereocenters. The fourth-order valence-electron chi connectivity index (χ4n) is 1.65. The molecule has 0 amide bonds. The molecule has 76 valence electrons. The van der Waals surface area contributed by atoms with E-state index in [9.17, 15) is 4.79 Å². The summed E-state index contributed by atoms with van der Waals surface area (Å²) in [6, 6.07) is 10.4. The zero-order valence-electron chi connectivity index (χ0n) is 8.99. The topological polar surface area (TPSA) is 17.1 Å². The van der Waals surface area contributed by atoms with E-state index < -0.39 is 0 Å². The standard InChI is InChI=1S/C13H18O/c1-11(10-12(2)14)8-9-13-6-4-3-5-7-13/h3-7,11H,8-10H2,1-2H3/t11-/m1/s1. The van der Waals surface area contributed by atoms with Crippen LogP contribution in [0, 0.1) is 5.92 Å². The van der Waals surface area contributed by atoms with Crippen molar-refractivity contribution in [2.75, 3.05) is 0 Å². The normalized spacial score (nSPS) is 12.4. The van der Waals surface area contributed by atoms with E-state index in [2.05, 4.69) is 31.2 Å². The van der Waals surface area contributed by atoms with Gasteiger partial charge in [0.05, 0.1) is 0 Å². The first kappa shape index (κ1) is 11.0. The van der Waals surface area contributed by atoms with E-state index in [1.165, 1.54) is 5.56 Å². The summed E-state index contributed by atoms with van der Waals surface area (Å²) in [6.07, 6.45) is 2.89.